The molecule has 2 aromatic carbocycles. The van der Waals surface area contributed by atoms with Gasteiger partial charge in [-0.05, 0) is 36.1 Å². The lowest BCUT2D eigenvalue weighted by Gasteiger charge is -2.37. The Kier molecular flexibility index (Phi) is 5.75. The molecule has 0 amide bonds. The van der Waals surface area contributed by atoms with Crippen LogP contribution in [0.2, 0.25) is 0 Å². The van der Waals surface area contributed by atoms with Crippen LogP contribution in [0.3, 0.4) is 0 Å². The highest BCUT2D eigenvalue weighted by molar-refractivity contribution is 7.89. The molecule has 0 spiro atoms. The van der Waals surface area contributed by atoms with E-state index in [0.717, 1.165) is 12.0 Å². The summed E-state index contributed by atoms with van der Waals surface area (Å²) in [5.74, 6) is 0.220. The van der Waals surface area contributed by atoms with E-state index in [1.165, 1.54) is 10.4 Å². The predicted molar refractivity (Wildman–Crippen MR) is 98.7 cm³/mol. The van der Waals surface area contributed by atoms with Crippen LogP contribution in [0.1, 0.15) is 25.0 Å². The summed E-state index contributed by atoms with van der Waals surface area (Å²) >= 11 is 0. The van der Waals surface area contributed by atoms with Gasteiger partial charge in [0.15, 0.2) is 0 Å². The molecule has 1 aliphatic heterocycles. The molecule has 6 heteroatoms. The van der Waals surface area contributed by atoms with Gasteiger partial charge in [0.1, 0.15) is 5.82 Å². The number of hydrogen-bond acceptors (Lipinski definition) is 3. The first-order valence-electron chi connectivity index (χ1n) is 8.80. The molecule has 0 atom stereocenters. The Labute approximate surface area is 154 Å². The van der Waals surface area contributed by atoms with Gasteiger partial charge in [-0.3, -0.25) is 0 Å². The molecule has 1 saturated heterocycles. The van der Waals surface area contributed by atoms with Crippen molar-refractivity contribution in [2.75, 3.05) is 13.1 Å². The van der Waals surface area contributed by atoms with E-state index in [9.17, 15) is 12.8 Å². The fraction of sp³-hybridized carbons (Fsp3) is 0.400. The third-order valence-electron chi connectivity index (χ3n) is 4.45. The number of sulfonamides is 1. The standard InChI is InChI=1S/C20H24FNO3S/c1-15(2)11-16-7-9-19(10-8-16)26(23,24)22-12-18(13-22)25-14-17-5-3-4-6-20(17)21/h3-10,15,18H,11-14H2,1-2H3. The van der Waals surface area contributed by atoms with E-state index in [2.05, 4.69) is 13.8 Å². The zero-order chi connectivity index (χ0) is 18.7. The van der Waals surface area contributed by atoms with Crippen molar-refractivity contribution in [3.63, 3.8) is 0 Å². The lowest BCUT2D eigenvalue weighted by atomic mass is 10.0. The first-order valence-corrected chi connectivity index (χ1v) is 10.2. The molecular formula is C20H24FNO3S. The van der Waals surface area contributed by atoms with E-state index >= 15 is 0 Å². The summed E-state index contributed by atoms with van der Waals surface area (Å²) in [6.07, 6.45) is 0.723. The molecular weight excluding hydrogens is 353 g/mol. The molecule has 0 unspecified atom stereocenters. The molecule has 0 aromatic heterocycles. The van der Waals surface area contributed by atoms with Crippen molar-refractivity contribution in [1.29, 1.82) is 0 Å². The maximum absolute atomic E-state index is 13.6. The van der Waals surface area contributed by atoms with E-state index in [0.29, 0.717) is 29.5 Å². The minimum Gasteiger partial charge on any atom is -0.371 e. The quantitative estimate of drug-likeness (QED) is 0.740. The van der Waals surface area contributed by atoms with Gasteiger partial charge in [0.25, 0.3) is 0 Å². The summed E-state index contributed by atoms with van der Waals surface area (Å²) in [7, 11) is -3.49. The number of halogens is 1. The summed E-state index contributed by atoms with van der Waals surface area (Å²) in [5.41, 5.74) is 1.61. The molecule has 0 bridgehead atoms. The largest absolute Gasteiger partial charge is 0.371 e. The molecule has 0 saturated carbocycles. The van der Waals surface area contributed by atoms with Gasteiger partial charge in [0, 0.05) is 18.7 Å². The highest BCUT2D eigenvalue weighted by Crippen LogP contribution is 2.24. The van der Waals surface area contributed by atoms with Crippen LogP contribution < -0.4 is 0 Å². The SMILES string of the molecule is CC(C)Cc1ccc(S(=O)(=O)N2CC(OCc3ccccc3F)C2)cc1. The molecule has 3 rings (SSSR count). The number of nitrogens with zero attached hydrogens (tertiary/aromatic N) is 1. The number of rotatable bonds is 7. The Morgan fingerprint density at radius 1 is 1.12 bits per heavy atom. The fourth-order valence-electron chi connectivity index (χ4n) is 2.94. The van der Waals surface area contributed by atoms with Gasteiger partial charge in [-0.25, -0.2) is 12.8 Å². The lowest BCUT2D eigenvalue weighted by Crippen LogP contribution is -2.54. The van der Waals surface area contributed by atoms with Crippen LogP contribution in [-0.2, 0) is 27.8 Å². The monoisotopic (exact) mass is 377 g/mol. The average Bonchev–Trinajstić information content (AvgIpc) is 2.55. The van der Waals surface area contributed by atoms with Crippen LogP contribution in [0.5, 0.6) is 0 Å². The summed E-state index contributed by atoms with van der Waals surface area (Å²) < 4.78 is 45.9. The number of hydrogen-bond donors (Lipinski definition) is 0. The smallest absolute Gasteiger partial charge is 0.243 e. The first kappa shape index (κ1) is 19.0. The minimum atomic E-state index is -3.49. The minimum absolute atomic E-state index is 0.148. The second kappa shape index (κ2) is 7.86. The number of ether oxygens (including phenoxy) is 1. The average molecular weight is 377 g/mol. The van der Waals surface area contributed by atoms with Gasteiger partial charge in [-0.2, -0.15) is 4.31 Å². The van der Waals surface area contributed by atoms with Crippen molar-refractivity contribution in [3.05, 3.63) is 65.5 Å². The summed E-state index contributed by atoms with van der Waals surface area (Å²) in [6, 6.07) is 13.5. The molecule has 1 fully saturated rings. The predicted octanol–water partition coefficient (Wildman–Crippen LogP) is 3.61. The molecule has 0 aliphatic carbocycles. The van der Waals surface area contributed by atoms with Gasteiger partial charge >= 0.3 is 0 Å². The van der Waals surface area contributed by atoms with Crippen molar-refractivity contribution in [2.45, 2.75) is 37.9 Å². The van der Waals surface area contributed by atoms with Crippen molar-refractivity contribution in [1.82, 2.24) is 4.31 Å². The van der Waals surface area contributed by atoms with Crippen molar-refractivity contribution in [3.8, 4) is 0 Å². The van der Waals surface area contributed by atoms with E-state index in [-0.39, 0.29) is 18.5 Å². The number of benzene rings is 2. The Bertz CT molecular complexity index is 844. The van der Waals surface area contributed by atoms with Crippen LogP contribution in [0.4, 0.5) is 4.39 Å². The topological polar surface area (TPSA) is 46.6 Å². The van der Waals surface area contributed by atoms with Gasteiger partial charge in [0.2, 0.25) is 10.0 Å². The fourth-order valence-corrected chi connectivity index (χ4v) is 4.45. The van der Waals surface area contributed by atoms with E-state index in [1.807, 2.05) is 12.1 Å². The van der Waals surface area contributed by atoms with Crippen LogP contribution in [0.15, 0.2) is 53.4 Å². The summed E-state index contributed by atoms with van der Waals surface area (Å²) in [4.78, 5) is 0.303. The van der Waals surface area contributed by atoms with E-state index < -0.39 is 10.0 Å². The Morgan fingerprint density at radius 2 is 1.77 bits per heavy atom. The normalized spacial score (nSPS) is 16.0. The molecule has 0 N–H and O–H groups in total. The zero-order valence-corrected chi connectivity index (χ0v) is 15.9. The molecule has 0 radical (unpaired) electrons. The highest BCUT2D eigenvalue weighted by Gasteiger charge is 2.37. The molecule has 1 heterocycles. The van der Waals surface area contributed by atoms with Crippen LogP contribution >= 0.6 is 0 Å². The maximum Gasteiger partial charge on any atom is 0.243 e. The second-order valence-corrected chi connectivity index (χ2v) is 9.03. The zero-order valence-electron chi connectivity index (χ0n) is 15.1. The van der Waals surface area contributed by atoms with Gasteiger partial charge in [-0.15, -0.1) is 0 Å². The van der Waals surface area contributed by atoms with Crippen LogP contribution in [0, 0.1) is 11.7 Å². The van der Waals surface area contributed by atoms with Gasteiger partial charge in [0.05, 0.1) is 17.6 Å². The first-order chi connectivity index (χ1) is 12.4. The van der Waals surface area contributed by atoms with Crippen molar-refractivity contribution in [2.24, 2.45) is 5.92 Å². The maximum atomic E-state index is 13.6. The van der Waals surface area contributed by atoms with E-state index in [1.54, 1.807) is 30.3 Å². The molecule has 1 aliphatic rings. The van der Waals surface area contributed by atoms with Crippen LogP contribution in [-0.4, -0.2) is 31.9 Å². The second-order valence-electron chi connectivity index (χ2n) is 7.09. The summed E-state index contributed by atoms with van der Waals surface area (Å²) in [6.45, 7) is 5.00. The Hall–Kier alpha value is -1.76. The third kappa shape index (κ3) is 4.31. The van der Waals surface area contributed by atoms with Crippen LogP contribution in [0.25, 0.3) is 0 Å². The summed E-state index contributed by atoms with van der Waals surface area (Å²) in [5, 5.41) is 0. The lowest BCUT2D eigenvalue weighted by molar-refractivity contribution is -0.0304. The third-order valence-corrected chi connectivity index (χ3v) is 6.30. The van der Waals surface area contributed by atoms with Gasteiger partial charge < -0.3 is 4.74 Å². The molecule has 2 aromatic rings. The molecule has 140 valence electrons. The highest BCUT2D eigenvalue weighted by atomic mass is 32.2. The van der Waals surface area contributed by atoms with Crippen molar-refractivity contribution < 1.29 is 17.5 Å². The Morgan fingerprint density at radius 3 is 2.38 bits per heavy atom. The molecule has 4 nitrogen and oxygen atoms in total. The Balaban J connectivity index is 1.55. The van der Waals surface area contributed by atoms with Gasteiger partial charge in [-0.1, -0.05) is 44.2 Å². The molecule has 26 heavy (non-hydrogen) atoms. The van der Waals surface area contributed by atoms with Crippen molar-refractivity contribution >= 4 is 10.0 Å². The van der Waals surface area contributed by atoms with E-state index in [4.69, 9.17) is 4.74 Å².